The van der Waals surface area contributed by atoms with E-state index in [-0.39, 0.29) is 5.69 Å². The molecule has 0 aliphatic rings. The molecule has 1 heterocycles. The van der Waals surface area contributed by atoms with Gasteiger partial charge in [0.1, 0.15) is 11.4 Å². The summed E-state index contributed by atoms with van der Waals surface area (Å²) in [4.78, 5) is 14.0. The van der Waals surface area contributed by atoms with Crippen molar-refractivity contribution >= 4 is 15.6 Å². The van der Waals surface area contributed by atoms with Gasteiger partial charge in [-0.1, -0.05) is 0 Å². The smallest absolute Gasteiger partial charge is 0.199 e. The molecule has 0 atom stereocenters. The molecule has 0 fully saturated rings. The zero-order valence-electron chi connectivity index (χ0n) is 11.6. The van der Waals surface area contributed by atoms with Crippen LogP contribution in [-0.4, -0.2) is 68.6 Å². The number of Topliss-reactive ketones (excluding diaryl/α,β-unsaturated/α-hetero) is 1. The Balaban J connectivity index is 3.02. The summed E-state index contributed by atoms with van der Waals surface area (Å²) in [6.45, 7) is 1.17. The molecule has 0 saturated heterocycles. The van der Waals surface area contributed by atoms with Crippen molar-refractivity contribution in [3.63, 3.8) is 0 Å². The van der Waals surface area contributed by atoms with Gasteiger partial charge in [0.25, 0.3) is 0 Å². The predicted molar refractivity (Wildman–Crippen MR) is 71.4 cm³/mol. The first-order chi connectivity index (χ1) is 8.74. The van der Waals surface area contributed by atoms with Gasteiger partial charge in [0.05, 0.1) is 19.9 Å². The van der Waals surface area contributed by atoms with Crippen molar-refractivity contribution in [2.24, 2.45) is 0 Å². The lowest BCUT2D eigenvalue weighted by atomic mass is 10.3. The van der Waals surface area contributed by atoms with Crippen LogP contribution in [0.5, 0.6) is 5.75 Å². The van der Waals surface area contributed by atoms with Crippen LogP contribution in [0.1, 0.15) is 10.5 Å². The van der Waals surface area contributed by atoms with Crippen molar-refractivity contribution in [3.8, 4) is 5.75 Å². The highest BCUT2D eigenvalue weighted by Crippen LogP contribution is 2.18. The van der Waals surface area contributed by atoms with Crippen molar-refractivity contribution in [2.45, 2.75) is 6.54 Å². The number of ether oxygens (including phenoxy) is 1. The second-order valence-electron chi connectivity index (χ2n) is 4.58. The molecule has 1 aromatic rings. The number of methoxy groups -OCH3 is 1. The van der Waals surface area contributed by atoms with E-state index in [4.69, 9.17) is 4.74 Å². The van der Waals surface area contributed by atoms with Gasteiger partial charge in [-0.3, -0.25) is 9.48 Å². The van der Waals surface area contributed by atoms with Crippen LogP contribution in [-0.2, 0) is 16.4 Å². The normalized spacial score (nSPS) is 11.8. The van der Waals surface area contributed by atoms with Gasteiger partial charge in [0, 0.05) is 12.8 Å². The molecule has 0 spiro atoms. The Bertz CT molecular complexity index is 548. The quantitative estimate of drug-likeness (QED) is 0.640. The summed E-state index contributed by atoms with van der Waals surface area (Å²) >= 11 is 0. The van der Waals surface area contributed by atoms with E-state index in [0.29, 0.717) is 18.8 Å². The maximum Gasteiger partial charge on any atom is 0.199 e. The number of sulfone groups is 1. The number of likely N-dealkylation sites (N-methyl/N-ethyl adjacent to an activating group) is 1. The lowest BCUT2D eigenvalue weighted by Crippen LogP contribution is -2.24. The van der Waals surface area contributed by atoms with Crippen molar-refractivity contribution in [2.75, 3.05) is 39.8 Å². The molecule has 108 valence electrons. The highest BCUT2D eigenvalue weighted by Gasteiger charge is 2.22. The summed E-state index contributed by atoms with van der Waals surface area (Å²) in [6, 6.07) is 0. The van der Waals surface area contributed by atoms with Crippen LogP contribution in [0.2, 0.25) is 0 Å². The Morgan fingerprint density at radius 1 is 1.47 bits per heavy atom. The minimum absolute atomic E-state index is 0.203. The van der Waals surface area contributed by atoms with Gasteiger partial charge in [-0.15, -0.1) is 0 Å². The maximum absolute atomic E-state index is 12.0. The third-order valence-electron chi connectivity index (χ3n) is 2.44. The van der Waals surface area contributed by atoms with E-state index in [1.54, 1.807) is 0 Å². The number of hydrogen-bond donors (Lipinski definition) is 0. The van der Waals surface area contributed by atoms with Crippen LogP contribution in [0, 0.1) is 0 Å². The van der Waals surface area contributed by atoms with Crippen LogP contribution >= 0.6 is 0 Å². The third-order valence-corrected chi connectivity index (χ3v) is 3.23. The molecule has 7 nitrogen and oxygen atoms in total. The average Bonchev–Trinajstić information content (AvgIpc) is 2.66. The Labute approximate surface area is 113 Å². The molecule has 0 bridgehead atoms. The molecule has 0 N–H and O–H groups in total. The Morgan fingerprint density at radius 3 is 2.58 bits per heavy atom. The SMILES string of the molecule is COc1cnn(CCN(C)C)c1C(=O)CS(C)(=O)=O. The Kier molecular flexibility index (Phi) is 5.07. The first-order valence-corrected chi connectivity index (χ1v) is 7.76. The number of hydrogen-bond acceptors (Lipinski definition) is 6. The highest BCUT2D eigenvalue weighted by atomic mass is 32.2. The van der Waals surface area contributed by atoms with E-state index >= 15 is 0 Å². The first kappa shape index (κ1) is 15.6. The molecule has 0 amide bonds. The third kappa shape index (κ3) is 4.64. The first-order valence-electron chi connectivity index (χ1n) is 5.70. The van der Waals surface area contributed by atoms with E-state index in [0.717, 1.165) is 6.26 Å². The van der Waals surface area contributed by atoms with Crippen LogP contribution in [0.4, 0.5) is 0 Å². The number of carbonyl (C=O) groups excluding carboxylic acids is 1. The molecule has 8 heteroatoms. The Morgan fingerprint density at radius 2 is 2.11 bits per heavy atom. The van der Waals surface area contributed by atoms with Gasteiger partial charge in [-0.2, -0.15) is 5.10 Å². The van der Waals surface area contributed by atoms with Crippen molar-refractivity contribution in [1.82, 2.24) is 14.7 Å². The van der Waals surface area contributed by atoms with E-state index in [9.17, 15) is 13.2 Å². The number of carbonyl (C=O) groups is 1. The number of rotatable bonds is 7. The lowest BCUT2D eigenvalue weighted by Gasteiger charge is -2.11. The van der Waals surface area contributed by atoms with E-state index < -0.39 is 21.4 Å². The second kappa shape index (κ2) is 6.16. The number of ketones is 1. The summed E-state index contributed by atoms with van der Waals surface area (Å²) in [5, 5.41) is 4.06. The van der Waals surface area contributed by atoms with E-state index in [1.807, 2.05) is 19.0 Å². The average molecular weight is 289 g/mol. The van der Waals surface area contributed by atoms with Gasteiger partial charge in [0.2, 0.25) is 0 Å². The second-order valence-corrected chi connectivity index (χ2v) is 6.72. The minimum Gasteiger partial charge on any atom is -0.493 e. The van der Waals surface area contributed by atoms with Crippen LogP contribution in [0.15, 0.2) is 6.20 Å². The van der Waals surface area contributed by atoms with Gasteiger partial charge in [0.15, 0.2) is 21.4 Å². The van der Waals surface area contributed by atoms with Gasteiger partial charge < -0.3 is 9.64 Å². The Hall–Kier alpha value is -1.41. The maximum atomic E-state index is 12.0. The van der Waals surface area contributed by atoms with Crippen LogP contribution in [0.25, 0.3) is 0 Å². The zero-order chi connectivity index (χ0) is 14.6. The topological polar surface area (TPSA) is 81.5 Å². The van der Waals surface area contributed by atoms with Gasteiger partial charge in [-0.05, 0) is 14.1 Å². The fourth-order valence-corrected chi connectivity index (χ4v) is 2.18. The summed E-state index contributed by atoms with van der Waals surface area (Å²) in [7, 11) is 1.85. The fraction of sp³-hybridized carbons (Fsp3) is 0.636. The molecule has 0 unspecified atom stereocenters. The zero-order valence-corrected chi connectivity index (χ0v) is 12.4. The predicted octanol–water partition coefficient (Wildman–Crippen LogP) is -0.319. The number of nitrogens with zero attached hydrogens (tertiary/aromatic N) is 3. The summed E-state index contributed by atoms with van der Waals surface area (Å²) in [5.74, 6) is -0.750. The van der Waals surface area contributed by atoms with Crippen molar-refractivity contribution in [1.29, 1.82) is 0 Å². The van der Waals surface area contributed by atoms with E-state index in [1.165, 1.54) is 18.0 Å². The standard InChI is InChI=1S/C11H19N3O4S/c1-13(2)5-6-14-11(10(18-3)7-12-14)9(15)8-19(4,16)17/h7H,5-6,8H2,1-4H3. The highest BCUT2D eigenvalue weighted by molar-refractivity contribution is 7.91. The molecule has 1 rings (SSSR count). The van der Waals surface area contributed by atoms with Crippen molar-refractivity contribution < 1.29 is 17.9 Å². The molecule has 0 aliphatic carbocycles. The molecule has 1 aromatic heterocycles. The monoisotopic (exact) mass is 289 g/mol. The summed E-state index contributed by atoms with van der Waals surface area (Å²) < 4.78 is 29.0. The fourth-order valence-electron chi connectivity index (χ4n) is 1.57. The lowest BCUT2D eigenvalue weighted by molar-refractivity contribution is 0.100. The van der Waals surface area contributed by atoms with Gasteiger partial charge in [-0.25, -0.2) is 8.42 Å². The molecular weight excluding hydrogens is 270 g/mol. The molecular formula is C11H19N3O4S. The van der Waals surface area contributed by atoms with Crippen molar-refractivity contribution in [3.05, 3.63) is 11.9 Å². The van der Waals surface area contributed by atoms with Gasteiger partial charge >= 0.3 is 0 Å². The van der Waals surface area contributed by atoms with E-state index in [2.05, 4.69) is 5.10 Å². The van der Waals surface area contributed by atoms with Crippen LogP contribution < -0.4 is 4.74 Å². The van der Waals surface area contributed by atoms with Crippen LogP contribution in [0.3, 0.4) is 0 Å². The molecule has 0 aliphatic heterocycles. The minimum atomic E-state index is -3.38. The summed E-state index contributed by atoms with van der Waals surface area (Å²) in [5.41, 5.74) is 0.203. The molecule has 0 saturated carbocycles. The largest absolute Gasteiger partial charge is 0.493 e. The number of aromatic nitrogens is 2. The molecule has 0 aromatic carbocycles. The molecule has 19 heavy (non-hydrogen) atoms. The molecule has 0 radical (unpaired) electrons. The summed E-state index contributed by atoms with van der Waals surface area (Å²) in [6.07, 6.45) is 2.45.